The lowest BCUT2D eigenvalue weighted by Crippen LogP contribution is -2.46. The van der Waals surface area contributed by atoms with Crippen LogP contribution in [0.3, 0.4) is 0 Å². The Hall–Kier alpha value is -3.62. The van der Waals surface area contributed by atoms with Gasteiger partial charge in [0.25, 0.3) is 5.13 Å². The molecule has 2 atom stereocenters. The fourth-order valence-electron chi connectivity index (χ4n) is 4.83. The number of benzene rings is 4. The maximum atomic E-state index is 17.7. The molecular weight excluding hydrogens is 583 g/mol. The topological polar surface area (TPSA) is 0 Å². The summed E-state index contributed by atoms with van der Waals surface area (Å²) in [6, 6.07) is 12.7. The first-order chi connectivity index (χ1) is 18.9. The van der Waals surface area contributed by atoms with E-state index in [9.17, 15) is 8.78 Å². The minimum absolute atomic E-state index is 0.271. The molecule has 0 heterocycles. The first-order valence-electron chi connectivity index (χ1n) is 11.5. The average Bonchev–Trinajstić information content (AvgIpc) is 2.90. The number of rotatable bonds is 4. The van der Waals surface area contributed by atoms with E-state index in [1.807, 2.05) is 0 Å². The quantitative estimate of drug-likeness (QED) is 0.162. The van der Waals surface area contributed by atoms with Gasteiger partial charge in [-0.3, -0.25) is 0 Å². The van der Waals surface area contributed by atoms with Crippen LogP contribution in [0.4, 0.5) is 35.1 Å². The largest absolute Gasteiger partial charge is 0.262 e. The van der Waals surface area contributed by atoms with Crippen LogP contribution in [0.1, 0.15) is 22.3 Å². The Labute approximate surface area is 232 Å². The van der Waals surface area contributed by atoms with Gasteiger partial charge in [-0.2, -0.15) is 0 Å². The van der Waals surface area contributed by atoms with Crippen LogP contribution in [-0.4, -0.2) is 5.13 Å². The maximum absolute atomic E-state index is 17.7. The van der Waals surface area contributed by atoms with Crippen molar-refractivity contribution in [3.63, 3.8) is 0 Å². The number of halogens is 10. The molecule has 40 heavy (non-hydrogen) atoms. The summed E-state index contributed by atoms with van der Waals surface area (Å²) in [5.41, 5.74) is -9.77. The highest BCUT2D eigenvalue weighted by Gasteiger charge is 2.65. The Kier molecular flexibility index (Phi) is 7.04. The Bertz CT molecular complexity index is 1690. The van der Waals surface area contributed by atoms with Gasteiger partial charge in [0.2, 0.25) is 5.67 Å². The van der Waals surface area contributed by atoms with Gasteiger partial charge < -0.3 is 0 Å². The van der Waals surface area contributed by atoms with Crippen molar-refractivity contribution >= 4 is 39.9 Å². The fourth-order valence-corrected chi connectivity index (χ4v) is 5.44. The van der Waals surface area contributed by atoms with Crippen molar-refractivity contribution in [1.82, 2.24) is 0 Å². The monoisotopic (exact) mass is 596 g/mol. The van der Waals surface area contributed by atoms with Crippen LogP contribution in [0.25, 0.3) is 16.7 Å². The summed E-state index contributed by atoms with van der Waals surface area (Å²) in [6.07, 6.45) is 0. The van der Waals surface area contributed by atoms with E-state index in [0.29, 0.717) is 30.3 Å². The van der Waals surface area contributed by atoms with Crippen molar-refractivity contribution in [2.45, 2.75) is 10.8 Å². The van der Waals surface area contributed by atoms with Gasteiger partial charge >= 0.3 is 0 Å². The smallest absolute Gasteiger partial charge is 0.228 e. The molecule has 0 spiro atoms. The molecule has 0 amide bonds. The Morgan fingerprint density at radius 2 is 1.15 bits per heavy atom. The zero-order valence-electron chi connectivity index (χ0n) is 19.9. The summed E-state index contributed by atoms with van der Waals surface area (Å²) in [5, 5.41) is -5.42. The molecule has 0 aromatic heterocycles. The van der Waals surface area contributed by atoms with Crippen molar-refractivity contribution in [3.8, 4) is 0 Å². The standard InChI is InChI=1S/C30H14Cl2F8/c31-28-25(19-13-16(33)10-12-20(19)35)24(18-11-9-17(34)14-23(18)38)26(15-5-2-1-3-6-15)29(39,30(28,32)40)27-21(36)7-4-8-22(27)37/h1-14H. The second kappa shape index (κ2) is 10.1. The molecule has 0 nitrogen and oxygen atoms in total. The number of hydrogen-bond acceptors (Lipinski definition) is 0. The zero-order chi connectivity index (χ0) is 29.0. The second-order valence-corrected chi connectivity index (χ2v) is 9.78. The third-order valence-corrected chi connectivity index (χ3v) is 7.54. The molecule has 0 saturated heterocycles. The lowest BCUT2D eigenvalue weighted by Gasteiger charge is -2.43. The summed E-state index contributed by atoms with van der Waals surface area (Å²) in [6.45, 7) is 0. The van der Waals surface area contributed by atoms with E-state index in [1.54, 1.807) is 0 Å². The van der Waals surface area contributed by atoms with Gasteiger partial charge in [0, 0.05) is 33.9 Å². The van der Waals surface area contributed by atoms with Gasteiger partial charge in [-0.25, -0.2) is 35.1 Å². The highest BCUT2D eigenvalue weighted by atomic mass is 35.5. The van der Waals surface area contributed by atoms with Gasteiger partial charge in [0.1, 0.15) is 34.9 Å². The van der Waals surface area contributed by atoms with Crippen molar-refractivity contribution in [2.24, 2.45) is 0 Å². The molecule has 0 radical (unpaired) electrons. The van der Waals surface area contributed by atoms with E-state index in [1.165, 1.54) is 30.3 Å². The highest BCUT2D eigenvalue weighted by Crippen LogP contribution is 2.65. The molecule has 10 heteroatoms. The molecule has 4 aromatic carbocycles. The summed E-state index contributed by atoms with van der Waals surface area (Å²) in [5.74, 6) is -7.77. The molecule has 2 unspecified atom stereocenters. The van der Waals surface area contributed by atoms with Crippen LogP contribution in [0.2, 0.25) is 0 Å². The van der Waals surface area contributed by atoms with Crippen LogP contribution >= 0.6 is 23.2 Å². The van der Waals surface area contributed by atoms with E-state index in [2.05, 4.69) is 0 Å². The first kappa shape index (κ1) is 27.9. The molecule has 0 N–H and O–H groups in total. The molecule has 0 aliphatic heterocycles. The van der Waals surface area contributed by atoms with Gasteiger partial charge in [-0.15, -0.1) is 0 Å². The number of alkyl halides is 3. The van der Waals surface area contributed by atoms with Crippen molar-refractivity contribution in [1.29, 1.82) is 0 Å². The van der Waals surface area contributed by atoms with Crippen molar-refractivity contribution in [3.05, 3.63) is 147 Å². The van der Waals surface area contributed by atoms with Gasteiger partial charge in [0.15, 0.2) is 0 Å². The summed E-state index contributed by atoms with van der Waals surface area (Å²) in [7, 11) is 0. The average molecular weight is 597 g/mol. The third-order valence-electron chi connectivity index (χ3n) is 6.54. The van der Waals surface area contributed by atoms with Gasteiger partial charge in [0.05, 0.1) is 10.6 Å². The van der Waals surface area contributed by atoms with E-state index in [0.717, 1.165) is 24.3 Å². The molecule has 0 bridgehead atoms. The molecule has 4 aromatic rings. The Morgan fingerprint density at radius 3 is 1.77 bits per heavy atom. The molecule has 1 aliphatic carbocycles. The maximum Gasteiger partial charge on any atom is 0.262 e. The van der Waals surface area contributed by atoms with Crippen LogP contribution in [-0.2, 0) is 5.67 Å². The summed E-state index contributed by atoms with van der Waals surface area (Å²) >= 11 is 12.5. The molecule has 0 fully saturated rings. The van der Waals surface area contributed by atoms with E-state index < -0.39 is 84.1 Å². The summed E-state index contributed by atoms with van der Waals surface area (Å²) in [4.78, 5) is 0. The lowest BCUT2D eigenvalue weighted by atomic mass is 9.69. The molecule has 0 saturated carbocycles. The van der Waals surface area contributed by atoms with Crippen molar-refractivity contribution < 1.29 is 35.1 Å². The molecule has 204 valence electrons. The molecular formula is C30H14Cl2F8. The van der Waals surface area contributed by atoms with Crippen LogP contribution < -0.4 is 0 Å². The number of hydrogen-bond donors (Lipinski definition) is 0. The van der Waals surface area contributed by atoms with E-state index in [4.69, 9.17) is 23.2 Å². The second-order valence-electron chi connectivity index (χ2n) is 8.88. The minimum Gasteiger partial charge on any atom is -0.228 e. The van der Waals surface area contributed by atoms with Crippen LogP contribution in [0.15, 0.2) is 90.0 Å². The number of allylic oxidation sites excluding steroid dienone is 4. The van der Waals surface area contributed by atoms with Gasteiger partial charge in [-0.05, 0) is 48.0 Å². The van der Waals surface area contributed by atoms with Gasteiger partial charge in [-0.1, -0.05) is 59.6 Å². The SMILES string of the molecule is Fc1ccc(C2=C(c3ccccc3)C(F)(c3c(F)cccc3F)C(F)(Cl)C(Cl)=C2c2cc(F)ccc2F)c(F)c1. The first-order valence-corrected chi connectivity index (χ1v) is 12.3. The predicted molar refractivity (Wildman–Crippen MR) is 138 cm³/mol. The Balaban J connectivity index is 2.08. The van der Waals surface area contributed by atoms with Crippen LogP contribution in [0, 0.1) is 34.9 Å². The Morgan fingerprint density at radius 1 is 0.550 bits per heavy atom. The lowest BCUT2D eigenvalue weighted by molar-refractivity contribution is 0.0926. The fraction of sp³-hybridized carbons (Fsp3) is 0.0667. The third kappa shape index (κ3) is 4.21. The molecule has 5 rings (SSSR count). The van der Waals surface area contributed by atoms with Crippen LogP contribution in [0.5, 0.6) is 0 Å². The van der Waals surface area contributed by atoms with E-state index >= 15 is 26.3 Å². The predicted octanol–water partition coefficient (Wildman–Crippen LogP) is 9.87. The van der Waals surface area contributed by atoms with Crippen molar-refractivity contribution in [2.75, 3.05) is 0 Å². The normalized spacial score (nSPS) is 21.2. The highest BCUT2D eigenvalue weighted by molar-refractivity contribution is 6.46. The molecule has 1 aliphatic rings. The minimum atomic E-state index is -4.06. The zero-order valence-corrected chi connectivity index (χ0v) is 21.4. The van der Waals surface area contributed by atoms with E-state index in [-0.39, 0.29) is 5.56 Å². The summed E-state index contributed by atoms with van der Waals surface area (Å²) < 4.78 is 124.